The van der Waals surface area contributed by atoms with E-state index in [2.05, 4.69) is 455 Å². The number of hydrogen-bond acceptors (Lipinski definition) is 6. The van der Waals surface area contributed by atoms with Gasteiger partial charge in [-0.25, -0.2) is 34.3 Å². The summed E-state index contributed by atoms with van der Waals surface area (Å²) < 4.78 is 27.4. The van der Waals surface area contributed by atoms with Crippen LogP contribution in [0.1, 0.15) is 49.9 Å². The van der Waals surface area contributed by atoms with Crippen molar-refractivity contribution in [3.8, 4) is 84.6 Å². The lowest BCUT2D eigenvalue weighted by Gasteiger charge is -2.23. The number of nitrogens with zero attached hydrogens (tertiary/aromatic N) is 12. The average molecular weight is 1910 g/mol. The molecule has 0 bridgehead atoms. The predicted molar refractivity (Wildman–Crippen MR) is 614 cm³/mol. The SMILES string of the molecule is CC1(C)c2cc(-c3ccc4c(c3)c3c5ccccc5ccc3n4-c3nc4ccccc4c4nc5ccccc5n34)ccc2-c2ccc(-c3cccc4ccccc34)cc21.CC1(C)c2ccccc2-c2ccc(-c3ccc4c(c3)c3c5ccccc5ccc3n4-c3nc4ccccc4c4nc5ccccc5n34)cc21.Fc1ccc(-c2ccc3c(c2)c2c4ccccc4ccc2n3-c2nc3ccccc3c3nc4ccccc4n23)cc1. The Balaban J connectivity index is 0.000000103. The monoisotopic (exact) mass is 1910 g/mol. The molecule has 0 radical (unpaired) electrons. The lowest BCUT2D eigenvalue weighted by molar-refractivity contribution is 0.628. The van der Waals surface area contributed by atoms with Crippen LogP contribution < -0.4 is 0 Å². The van der Waals surface area contributed by atoms with Crippen LogP contribution in [0, 0.1) is 5.82 Å². The second kappa shape index (κ2) is 31.8. The number of halogens is 1. The van der Waals surface area contributed by atoms with Gasteiger partial charge in [-0.15, -0.1) is 0 Å². The first-order chi connectivity index (χ1) is 73.3. The van der Waals surface area contributed by atoms with Crippen LogP contribution in [0.25, 0.3) is 276 Å². The summed E-state index contributed by atoms with van der Waals surface area (Å²) in [4.78, 5) is 31.5. The molecule has 12 nitrogen and oxygen atoms in total. The highest BCUT2D eigenvalue weighted by molar-refractivity contribution is 6.25. The van der Waals surface area contributed by atoms with Crippen LogP contribution in [0.3, 0.4) is 0 Å². The minimum atomic E-state index is -0.239. The molecule has 0 N–H and O–H groups in total. The molecule has 0 unspecified atom stereocenters. The van der Waals surface area contributed by atoms with E-state index >= 15 is 0 Å². The van der Waals surface area contributed by atoms with E-state index in [1.54, 1.807) is 0 Å². The fraction of sp³-hybridized carbons (Fsp3) is 0.0441. The molecule has 2 aliphatic carbocycles. The third kappa shape index (κ3) is 12.5. The van der Waals surface area contributed by atoms with Crippen molar-refractivity contribution >= 4 is 191 Å². The van der Waals surface area contributed by atoms with E-state index in [1.807, 2.05) is 42.5 Å². The summed E-state index contributed by atoms with van der Waals surface area (Å²) in [5, 5.41) is 20.0. The van der Waals surface area contributed by atoms with Gasteiger partial charge in [0.15, 0.2) is 0 Å². The third-order valence-electron chi connectivity index (χ3n) is 32.1. The van der Waals surface area contributed by atoms with Gasteiger partial charge in [0.1, 0.15) is 22.8 Å². The van der Waals surface area contributed by atoms with Gasteiger partial charge in [0.25, 0.3) is 0 Å². The molecule has 698 valence electrons. The summed E-state index contributed by atoms with van der Waals surface area (Å²) >= 11 is 0. The summed E-state index contributed by atoms with van der Waals surface area (Å²) in [7, 11) is 0. The highest BCUT2D eigenvalue weighted by Crippen LogP contribution is 2.55. The van der Waals surface area contributed by atoms with Crippen molar-refractivity contribution in [2.24, 2.45) is 0 Å². The van der Waals surface area contributed by atoms with Crippen molar-refractivity contribution < 1.29 is 4.39 Å². The standard InChI is InChI=1S/C55H36N4.C45H30N4.C36H21FN4/c1-55(2)45-31-36(22-26-41(45)42-27-23-37(32-46(42)55)39-18-11-14-33-12-3-5-15-38(33)39)35-25-28-49-44(30-35)52-40-16-6-4-13-34(40)24-29-51(52)58(49)54-57-47-19-8-7-17-43(47)53-56-48-20-9-10-21-50(48)59(53)54;1-45(2)35-15-7-5-13-31(35)32-22-19-29(26-36(32)45)28-21-23-39-34(25-28)42-30-12-4-3-11-27(30)20-24-41(42)48(39)44-47-37-16-8-6-14-33(37)43-46-38-17-9-10-18-40(38)49(43)44;37-25-17-13-22(14-18-25)24-16-19-31-28(21-24)34-26-8-2-1-7-23(26)15-20-33(34)40(31)36-39-29-10-4-3-9-27(29)35-38-30-11-5-6-12-32(30)41(35)36/h3-32H,1-2H3;3-26H,1-2H3;1-21H. The number of benzene rings is 22. The molecule has 149 heavy (non-hydrogen) atoms. The normalized spacial score (nSPS) is 13.1. The maximum atomic E-state index is 13.7. The van der Waals surface area contributed by atoms with E-state index in [9.17, 15) is 4.39 Å². The molecule has 31 aromatic rings. The molecular formula is C136H87FN12. The van der Waals surface area contributed by atoms with Gasteiger partial charge in [-0.2, -0.15) is 0 Å². The van der Waals surface area contributed by atoms with Crippen molar-refractivity contribution in [2.75, 3.05) is 0 Å². The smallest absolute Gasteiger partial charge is 0.221 e. The van der Waals surface area contributed by atoms with Gasteiger partial charge in [-0.3, -0.25) is 26.9 Å². The summed E-state index contributed by atoms with van der Waals surface area (Å²) in [6.07, 6.45) is 0. The van der Waals surface area contributed by atoms with Crippen LogP contribution in [0.5, 0.6) is 0 Å². The first kappa shape index (κ1) is 84.2. The predicted octanol–water partition coefficient (Wildman–Crippen LogP) is 34.4. The summed E-state index contributed by atoms with van der Waals surface area (Å²) in [5.74, 6) is 2.21. The second-order valence-electron chi connectivity index (χ2n) is 40.9. The topological polar surface area (TPSA) is 105 Å². The van der Waals surface area contributed by atoms with Crippen molar-refractivity contribution in [3.63, 3.8) is 0 Å². The Labute approximate surface area is 852 Å². The van der Waals surface area contributed by atoms with E-state index in [1.165, 1.54) is 155 Å². The molecule has 0 fully saturated rings. The van der Waals surface area contributed by atoms with Gasteiger partial charge in [0, 0.05) is 59.3 Å². The molecule has 2 aliphatic rings. The van der Waals surface area contributed by atoms with Gasteiger partial charge >= 0.3 is 0 Å². The Morgan fingerprint density at radius 3 is 0.866 bits per heavy atom. The number of imidazole rings is 3. The number of hydrogen-bond donors (Lipinski definition) is 0. The molecule has 0 spiro atoms. The quantitative estimate of drug-likeness (QED) is 0.157. The van der Waals surface area contributed by atoms with Crippen LogP contribution >= 0.6 is 0 Å². The molecule has 0 saturated carbocycles. The lowest BCUT2D eigenvalue weighted by atomic mass is 9.80. The average Bonchev–Trinajstić information content (AvgIpc) is 1.55. The zero-order valence-electron chi connectivity index (χ0n) is 81.5. The van der Waals surface area contributed by atoms with E-state index in [0.29, 0.717) is 0 Å². The van der Waals surface area contributed by atoms with Crippen LogP contribution in [0.15, 0.2) is 455 Å². The highest BCUT2D eigenvalue weighted by atomic mass is 19.1. The Bertz CT molecular complexity index is 11300. The molecule has 9 aromatic heterocycles. The number of fused-ring (bicyclic) bond motifs is 37. The zero-order chi connectivity index (χ0) is 98.5. The molecule has 0 amide bonds. The van der Waals surface area contributed by atoms with Gasteiger partial charge in [0.05, 0.1) is 82.8 Å². The van der Waals surface area contributed by atoms with Gasteiger partial charge < -0.3 is 0 Å². The van der Waals surface area contributed by atoms with Crippen molar-refractivity contribution in [1.82, 2.24) is 56.8 Å². The molecule has 22 aromatic carbocycles. The van der Waals surface area contributed by atoms with Crippen molar-refractivity contribution in [2.45, 2.75) is 38.5 Å². The van der Waals surface area contributed by atoms with Crippen molar-refractivity contribution in [1.29, 1.82) is 0 Å². The Hall–Kier alpha value is -19.4. The number of aromatic nitrogens is 12. The molecule has 9 heterocycles. The van der Waals surface area contributed by atoms with Crippen LogP contribution in [0.2, 0.25) is 0 Å². The van der Waals surface area contributed by atoms with E-state index in [0.717, 1.165) is 156 Å². The number of para-hydroxylation sites is 9. The van der Waals surface area contributed by atoms with E-state index in [-0.39, 0.29) is 16.6 Å². The number of rotatable bonds is 7. The maximum Gasteiger partial charge on any atom is 0.221 e. The molecule has 13 heteroatoms. The molecule has 0 atom stereocenters. The first-order valence-corrected chi connectivity index (χ1v) is 51.0. The lowest BCUT2D eigenvalue weighted by Crippen LogP contribution is -2.15. The zero-order valence-corrected chi connectivity index (χ0v) is 81.5. The largest absolute Gasteiger partial charge is 0.279 e. The molecular weight excluding hydrogens is 1820 g/mol. The minimum Gasteiger partial charge on any atom is -0.279 e. The van der Waals surface area contributed by atoms with Crippen LogP contribution in [0.4, 0.5) is 4.39 Å². The minimum absolute atomic E-state index is 0.0566. The van der Waals surface area contributed by atoms with E-state index in [4.69, 9.17) is 29.9 Å². The van der Waals surface area contributed by atoms with Crippen LogP contribution in [-0.2, 0) is 10.8 Å². The third-order valence-corrected chi connectivity index (χ3v) is 32.1. The molecule has 33 rings (SSSR count). The van der Waals surface area contributed by atoms with Gasteiger partial charge in [0.2, 0.25) is 17.8 Å². The Morgan fingerprint density at radius 2 is 0.456 bits per heavy atom. The van der Waals surface area contributed by atoms with Gasteiger partial charge in [-0.1, -0.05) is 325 Å². The second-order valence-corrected chi connectivity index (χ2v) is 40.9. The fourth-order valence-corrected chi connectivity index (χ4v) is 25.1. The van der Waals surface area contributed by atoms with Crippen molar-refractivity contribution in [3.05, 3.63) is 483 Å². The Kier molecular flexibility index (Phi) is 18.0. The van der Waals surface area contributed by atoms with E-state index < -0.39 is 0 Å². The first-order valence-electron chi connectivity index (χ1n) is 51.0. The fourth-order valence-electron chi connectivity index (χ4n) is 25.1. The molecule has 0 saturated heterocycles. The van der Waals surface area contributed by atoms with Gasteiger partial charge in [-0.05, 0) is 290 Å². The summed E-state index contributed by atoms with van der Waals surface area (Å²) in [6, 6.07) is 162. The summed E-state index contributed by atoms with van der Waals surface area (Å²) in [5.41, 5.74) is 38.0. The summed E-state index contributed by atoms with van der Waals surface area (Å²) in [6.45, 7) is 9.46. The molecule has 0 aliphatic heterocycles. The van der Waals surface area contributed by atoms with Crippen LogP contribution in [-0.4, -0.2) is 56.8 Å². The Morgan fingerprint density at radius 1 is 0.181 bits per heavy atom. The maximum absolute atomic E-state index is 13.7. The highest BCUT2D eigenvalue weighted by Gasteiger charge is 2.39.